The summed E-state index contributed by atoms with van der Waals surface area (Å²) in [7, 11) is 0. The molecule has 2 rings (SSSR count). The Balaban J connectivity index is 1.84. The zero-order valence-electron chi connectivity index (χ0n) is 8.72. The minimum atomic E-state index is 0.671. The maximum atomic E-state index is 5.44. The van der Waals surface area contributed by atoms with Crippen LogP contribution in [0.15, 0.2) is 36.2 Å². The molecule has 0 aliphatic carbocycles. The predicted octanol–water partition coefficient (Wildman–Crippen LogP) is 4.00. The first kappa shape index (κ1) is 12.0. The average molecular weight is 349 g/mol. The quantitative estimate of drug-likeness (QED) is 0.907. The van der Waals surface area contributed by atoms with Crippen LogP contribution in [0.3, 0.4) is 0 Å². The third-order valence-corrected chi connectivity index (χ3v) is 3.80. The zero-order chi connectivity index (χ0) is 11.5. The van der Waals surface area contributed by atoms with E-state index in [1.807, 2.05) is 25.1 Å². The van der Waals surface area contributed by atoms with Crippen LogP contribution < -0.4 is 5.32 Å². The van der Waals surface area contributed by atoms with Gasteiger partial charge in [0.25, 0.3) is 0 Å². The highest BCUT2D eigenvalue weighted by Gasteiger charge is 2.05. The Labute approximate surface area is 110 Å². The Morgan fingerprint density at radius 1 is 1.12 bits per heavy atom. The molecule has 0 saturated carbocycles. The van der Waals surface area contributed by atoms with Crippen LogP contribution in [-0.4, -0.2) is 0 Å². The molecule has 3 nitrogen and oxygen atoms in total. The van der Waals surface area contributed by atoms with Gasteiger partial charge in [-0.3, -0.25) is 0 Å². The SMILES string of the molecule is Cc1ccc(CNCc2cc(Br)c(Br)o2)o1. The molecule has 0 amide bonds. The normalized spacial score (nSPS) is 10.9. The van der Waals surface area contributed by atoms with Gasteiger partial charge in [-0.15, -0.1) is 0 Å². The van der Waals surface area contributed by atoms with Gasteiger partial charge < -0.3 is 14.2 Å². The van der Waals surface area contributed by atoms with Crippen LogP contribution in [0.25, 0.3) is 0 Å². The van der Waals surface area contributed by atoms with Crippen molar-refractivity contribution in [1.82, 2.24) is 5.32 Å². The molecule has 1 N–H and O–H groups in total. The summed E-state index contributed by atoms with van der Waals surface area (Å²) in [4.78, 5) is 0. The van der Waals surface area contributed by atoms with E-state index in [2.05, 4.69) is 37.2 Å². The van der Waals surface area contributed by atoms with Crippen LogP contribution in [0, 0.1) is 6.92 Å². The van der Waals surface area contributed by atoms with Gasteiger partial charge >= 0.3 is 0 Å². The molecule has 2 aromatic rings. The number of halogens is 2. The highest BCUT2D eigenvalue weighted by atomic mass is 79.9. The van der Waals surface area contributed by atoms with E-state index in [1.165, 1.54) is 0 Å². The summed E-state index contributed by atoms with van der Waals surface area (Å²) in [6, 6.07) is 5.86. The highest BCUT2D eigenvalue weighted by molar-refractivity contribution is 9.13. The molecule has 16 heavy (non-hydrogen) atoms. The number of aryl methyl sites for hydroxylation is 1. The lowest BCUT2D eigenvalue weighted by atomic mass is 10.4. The Hall–Kier alpha value is -0.520. The van der Waals surface area contributed by atoms with Gasteiger partial charge in [-0.25, -0.2) is 0 Å². The van der Waals surface area contributed by atoms with Crippen molar-refractivity contribution in [2.24, 2.45) is 0 Å². The van der Waals surface area contributed by atoms with Crippen LogP contribution in [0.5, 0.6) is 0 Å². The van der Waals surface area contributed by atoms with Crippen LogP contribution in [0.2, 0.25) is 0 Å². The van der Waals surface area contributed by atoms with Crippen molar-refractivity contribution in [3.05, 3.63) is 44.6 Å². The molecular weight excluding hydrogens is 338 g/mol. The fourth-order valence-corrected chi connectivity index (χ4v) is 2.03. The van der Waals surface area contributed by atoms with Gasteiger partial charge in [0.2, 0.25) is 0 Å². The highest BCUT2D eigenvalue weighted by Crippen LogP contribution is 2.26. The van der Waals surface area contributed by atoms with Gasteiger partial charge in [0.05, 0.1) is 17.6 Å². The van der Waals surface area contributed by atoms with E-state index < -0.39 is 0 Å². The lowest BCUT2D eigenvalue weighted by Gasteiger charge is -1.99. The van der Waals surface area contributed by atoms with Crippen LogP contribution >= 0.6 is 31.9 Å². The van der Waals surface area contributed by atoms with Crippen molar-refractivity contribution in [3.63, 3.8) is 0 Å². The van der Waals surface area contributed by atoms with E-state index in [9.17, 15) is 0 Å². The van der Waals surface area contributed by atoms with E-state index in [1.54, 1.807) is 0 Å². The predicted molar refractivity (Wildman–Crippen MR) is 68.1 cm³/mol. The molecule has 86 valence electrons. The Morgan fingerprint density at radius 3 is 2.44 bits per heavy atom. The summed E-state index contributed by atoms with van der Waals surface area (Å²) >= 11 is 6.67. The molecule has 0 atom stereocenters. The summed E-state index contributed by atoms with van der Waals surface area (Å²) < 4.78 is 12.5. The monoisotopic (exact) mass is 347 g/mol. The third kappa shape index (κ3) is 2.99. The van der Waals surface area contributed by atoms with E-state index in [0.717, 1.165) is 26.4 Å². The molecule has 0 unspecified atom stereocenters. The third-order valence-electron chi connectivity index (χ3n) is 2.09. The minimum Gasteiger partial charge on any atom is -0.465 e. The van der Waals surface area contributed by atoms with E-state index in [4.69, 9.17) is 8.83 Å². The largest absolute Gasteiger partial charge is 0.465 e. The molecule has 2 aromatic heterocycles. The summed E-state index contributed by atoms with van der Waals surface area (Å²) in [6.45, 7) is 3.30. The maximum absolute atomic E-state index is 5.44. The summed E-state index contributed by atoms with van der Waals surface area (Å²) in [5.41, 5.74) is 0. The summed E-state index contributed by atoms with van der Waals surface area (Å²) in [5, 5.41) is 3.24. The van der Waals surface area contributed by atoms with Crippen molar-refractivity contribution in [1.29, 1.82) is 0 Å². The van der Waals surface area contributed by atoms with Gasteiger partial charge in [-0.1, -0.05) is 0 Å². The Kier molecular flexibility index (Phi) is 3.89. The van der Waals surface area contributed by atoms with Crippen molar-refractivity contribution in [3.8, 4) is 0 Å². The molecule has 0 spiro atoms. The lowest BCUT2D eigenvalue weighted by Crippen LogP contribution is -2.11. The Bertz CT molecular complexity index is 457. The first-order valence-corrected chi connectivity index (χ1v) is 6.43. The maximum Gasteiger partial charge on any atom is 0.183 e. The number of hydrogen-bond acceptors (Lipinski definition) is 3. The van der Waals surface area contributed by atoms with Crippen molar-refractivity contribution in [2.75, 3.05) is 0 Å². The van der Waals surface area contributed by atoms with Crippen LogP contribution in [-0.2, 0) is 13.1 Å². The molecule has 2 heterocycles. The smallest absolute Gasteiger partial charge is 0.183 e. The standard InChI is InChI=1S/C11H11Br2NO2/c1-7-2-3-8(15-7)5-14-6-9-4-10(12)11(13)16-9/h2-4,14H,5-6H2,1H3. The first-order chi connectivity index (χ1) is 7.65. The minimum absolute atomic E-state index is 0.671. The second-order valence-corrected chi connectivity index (χ2v) is 5.02. The number of furan rings is 2. The average Bonchev–Trinajstić information content (AvgIpc) is 2.75. The molecule has 0 saturated heterocycles. The molecule has 0 radical (unpaired) electrons. The van der Waals surface area contributed by atoms with Crippen LogP contribution in [0.1, 0.15) is 17.3 Å². The van der Waals surface area contributed by atoms with E-state index >= 15 is 0 Å². The fraction of sp³-hybridized carbons (Fsp3) is 0.273. The molecule has 0 aliphatic rings. The number of hydrogen-bond donors (Lipinski definition) is 1. The van der Waals surface area contributed by atoms with E-state index in [-0.39, 0.29) is 0 Å². The molecule has 0 aliphatic heterocycles. The van der Waals surface area contributed by atoms with Crippen molar-refractivity contribution >= 4 is 31.9 Å². The summed E-state index contributed by atoms with van der Waals surface area (Å²) in [6.07, 6.45) is 0. The Morgan fingerprint density at radius 2 is 1.88 bits per heavy atom. The van der Waals surface area contributed by atoms with Gasteiger partial charge in [-0.05, 0) is 57.0 Å². The topological polar surface area (TPSA) is 38.3 Å². The number of rotatable bonds is 4. The summed E-state index contributed by atoms with van der Waals surface area (Å²) in [5.74, 6) is 2.74. The zero-order valence-corrected chi connectivity index (χ0v) is 11.9. The number of nitrogens with one attached hydrogen (secondary N) is 1. The van der Waals surface area contributed by atoms with Gasteiger partial charge in [0, 0.05) is 0 Å². The second kappa shape index (κ2) is 5.21. The van der Waals surface area contributed by atoms with Crippen molar-refractivity contribution < 1.29 is 8.83 Å². The molecule has 5 heteroatoms. The van der Waals surface area contributed by atoms with Gasteiger partial charge in [-0.2, -0.15) is 0 Å². The van der Waals surface area contributed by atoms with Crippen molar-refractivity contribution in [2.45, 2.75) is 20.0 Å². The molecule has 0 fully saturated rings. The van der Waals surface area contributed by atoms with Gasteiger partial charge in [0.15, 0.2) is 4.67 Å². The second-order valence-electron chi connectivity index (χ2n) is 3.45. The molecule has 0 aromatic carbocycles. The first-order valence-electron chi connectivity index (χ1n) is 4.85. The van der Waals surface area contributed by atoms with Crippen LogP contribution in [0.4, 0.5) is 0 Å². The lowest BCUT2D eigenvalue weighted by molar-refractivity contribution is 0.434. The molecular formula is C11H11Br2NO2. The van der Waals surface area contributed by atoms with E-state index in [0.29, 0.717) is 13.1 Å². The molecule has 0 bridgehead atoms. The fourth-order valence-electron chi connectivity index (χ4n) is 1.37. The van der Waals surface area contributed by atoms with Gasteiger partial charge in [0.1, 0.15) is 17.3 Å².